The third-order valence-corrected chi connectivity index (χ3v) is 6.09. The minimum Gasteiger partial charge on any atom is -0.302 e. The molecule has 8 heteroatoms. The van der Waals surface area contributed by atoms with Gasteiger partial charge >= 0.3 is 0 Å². The van der Waals surface area contributed by atoms with E-state index in [-0.39, 0.29) is 5.91 Å². The topological polar surface area (TPSA) is 67.8 Å². The molecule has 0 atom stereocenters. The van der Waals surface area contributed by atoms with Crippen LogP contribution < -0.4 is 5.32 Å². The molecule has 126 valence electrons. The van der Waals surface area contributed by atoms with Crippen LogP contribution in [-0.2, 0) is 4.79 Å². The van der Waals surface area contributed by atoms with E-state index in [1.165, 1.54) is 16.2 Å². The molecule has 0 aliphatic rings. The number of aromatic nitrogens is 3. The van der Waals surface area contributed by atoms with Gasteiger partial charge in [0.2, 0.25) is 5.91 Å². The summed E-state index contributed by atoms with van der Waals surface area (Å²) in [7, 11) is 0. The Labute approximate surface area is 152 Å². The summed E-state index contributed by atoms with van der Waals surface area (Å²) in [4.78, 5) is 27.3. The van der Waals surface area contributed by atoms with E-state index in [0.717, 1.165) is 20.9 Å². The lowest BCUT2D eigenvalue weighted by atomic mass is 10.2. The summed E-state index contributed by atoms with van der Waals surface area (Å²) >= 11 is 4.72. The first-order chi connectivity index (χ1) is 11.5. The van der Waals surface area contributed by atoms with Crippen LogP contribution in [0.5, 0.6) is 0 Å². The molecular weight excluding hydrogens is 360 g/mol. The number of thiazole rings is 1. The van der Waals surface area contributed by atoms with Crippen LogP contribution in [0.1, 0.15) is 36.8 Å². The van der Waals surface area contributed by atoms with Crippen LogP contribution in [0.2, 0.25) is 0 Å². The van der Waals surface area contributed by atoms with Gasteiger partial charge in [0.25, 0.3) is 0 Å². The van der Waals surface area contributed by atoms with Crippen molar-refractivity contribution in [2.75, 3.05) is 11.1 Å². The Balaban J connectivity index is 1.54. The SMILES string of the molecule is Cc1cc2c(SCCC(=O)Nc3nc(C(C)C)cs3)ncnc2s1. The van der Waals surface area contributed by atoms with Crippen LogP contribution in [0.3, 0.4) is 0 Å². The van der Waals surface area contributed by atoms with Crippen molar-refractivity contribution in [1.29, 1.82) is 0 Å². The maximum Gasteiger partial charge on any atom is 0.226 e. The lowest BCUT2D eigenvalue weighted by Gasteiger charge is -2.03. The second-order valence-electron chi connectivity index (χ2n) is 5.63. The highest BCUT2D eigenvalue weighted by Crippen LogP contribution is 2.30. The Morgan fingerprint density at radius 1 is 1.38 bits per heavy atom. The van der Waals surface area contributed by atoms with Gasteiger partial charge in [-0.1, -0.05) is 13.8 Å². The number of rotatable bonds is 6. The fraction of sp³-hybridized carbons (Fsp3) is 0.375. The minimum absolute atomic E-state index is 0.0149. The first kappa shape index (κ1) is 17.3. The molecule has 0 aliphatic heterocycles. The highest BCUT2D eigenvalue weighted by molar-refractivity contribution is 7.99. The smallest absolute Gasteiger partial charge is 0.226 e. The average Bonchev–Trinajstić information content (AvgIpc) is 3.13. The minimum atomic E-state index is -0.0149. The van der Waals surface area contributed by atoms with Gasteiger partial charge in [-0.25, -0.2) is 15.0 Å². The molecule has 0 bridgehead atoms. The molecule has 3 aromatic rings. The van der Waals surface area contributed by atoms with Crippen molar-refractivity contribution >= 4 is 55.7 Å². The molecule has 0 fully saturated rings. The summed E-state index contributed by atoms with van der Waals surface area (Å²) in [5.41, 5.74) is 1.01. The van der Waals surface area contributed by atoms with Gasteiger partial charge in [0.15, 0.2) is 5.13 Å². The van der Waals surface area contributed by atoms with Crippen molar-refractivity contribution in [3.63, 3.8) is 0 Å². The van der Waals surface area contributed by atoms with Gasteiger partial charge in [0, 0.05) is 27.8 Å². The van der Waals surface area contributed by atoms with Gasteiger partial charge in [0.1, 0.15) is 16.2 Å². The fourth-order valence-corrected chi connectivity index (χ4v) is 4.81. The molecule has 0 spiro atoms. The highest BCUT2D eigenvalue weighted by atomic mass is 32.2. The number of carbonyl (C=O) groups excluding carboxylic acids is 1. The van der Waals surface area contributed by atoms with Crippen LogP contribution in [0.15, 0.2) is 22.8 Å². The van der Waals surface area contributed by atoms with E-state index in [1.807, 2.05) is 5.38 Å². The number of hydrogen-bond acceptors (Lipinski definition) is 7. The number of thiophene rings is 1. The number of amides is 1. The van der Waals surface area contributed by atoms with E-state index in [0.29, 0.717) is 23.2 Å². The Bertz CT molecular complexity index is 856. The van der Waals surface area contributed by atoms with Crippen LogP contribution >= 0.6 is 34.4 Å². The normalized spacial score (nSPS) is 11.3. The van der Waals surface area contributed by atoms with E-state index >= 15 is 0 Å². The average molecular weight is 379 g/mol. The molecule has 0 aromatic carbocycles. The molecule has 24 heavy (non-hydrogen) atoms. The molecule has 0 saturated heterocycles. The van der Waals surface area contributed by atoms with Crippen molar-refractivity contribution in [3.05, 3.63) is 28.3 Å². The van der Waals surface area contributed by atoms with Crippen molar-refractivity contribution in [1.82, 2.24) is 15.0 Å². The van der Waals surface area contributed by atoms with Gasteiger partial charge < -0.3 is 5.32 Å². The summed E-state index contributed by atoms with van der Waals surface area (Å²) in [5.74, 6) is 1.03. The lowest BCUT2D eigenvalue weighted by Crippen LogP contribution is -2.12. The van der Waals surface area contributed by atoms with Gasteiger partial charge in [-0.2, -0.15) is 0 Å². The largest absolute Gasteiger partial charge is 0.302 e. The lowest BCUT2D eigenvalue weighted by molar-refractivity contribution is -0.115. The molecule has 0 radical (unpaired) electrons. The van der Waals surface area contributed by atoms with E-state index < -0.39 is 0 Å². The van der Waals surface area contributed by atoms with Crippen molar-refractivity contribution < 1.29 is 4.79 Å². The Kier molecular flexibility index (Phi) is 5.47. The molecule has 1 amide bonds. The van der Waals surface area contributed by atoms with Gasteiger partial charge in [-0.05, 0) is 18.9 Å². The van der Waals surface area contributed by atoms with E-state index in [2.05, 4.69) is 47.1 Å². The number of hydrogen-bond donors (Lipinski definition) is 1. The van der Waals surface area contributed by atoms with Crippen LogP contribution in [0.4, 0.5) is 5.13 Å². The second kappa shape index (κ2) is 7.58. The molecule has 0 unspecified atom stereocenters. The number of nitrogens with zero attached hydrogens (tertiary/aromatic N) is 3. The number of thioether (sulfide) groups is 1. The molecule has 3 rings (SSSR count). The summed E-state index contributed by atoms with van der Waals surface area (Å²) in [6.07, 6.45) is 2.01. The van der Waals surface area contributed by atoms with Crippen LogP contribution in [0, 0.1) is 6.92 Å². The fourth-order valence-electron chi connectivity index (χ4n) is 2.10. The first-order valence-electron chi connectivity index (χ1n) is 7.62. The summed E-state index contributed by atoms with van der Waals surface area (Å²) in [6.45, 7) is 6.24. The molecule has 0 aliphatic carbocycles. The molecule has 3 aromatic heterocycles. The Morgan fingerprint density at radius 3 is 2.96 bits per heavy atom. The predicted molar refractivity (Wildman–Crippen MR) is 102 cm³/mol. The van der Waals surface area contributed by atoms with E-state index in [1.54, 1.807) is 29.4 Å². The van der Waals surface area contributed by atoms with Crippen LogP contribution in [-0.4, -0.2) is 26.6 Å². The van der Waals surface area contributed by atoms with Crippen molar-refractivity contribution in [3.8, 4) is 0 Å². The van der Waals surface area contributed by atoms with Crippen LogP contribution in [0.25, 0.3) is 10.2 Å². The highest BCUT2D eigenvalue weighted by Gasteiger charge is 2.11. The number of anilines is 1. The Morgan fingerprint density at radius 2 is 2.21 bits per heavy atom. The summed E-state index contributed by atoms with van der Waals surface area (Å²) < 4.78 is 0. The zero-order valence-corrected chi connectivity index (χ0v) is 16.1. The van der Waals surface area contributed by atoms with Crippen molar-refractivity contribution in [2.45, 2.75) is 38.1 Å². The number of nitrogens with one attached hydrogen (secondary N) is 1. The standard InChI is InChI=1S/C16H18N4OS3/c1-9(2)12-7-23-16(19-12)20-13(21)4-5-22-14-11-6-10(3)24-15(11)18-8-17-14/h6-9H,4-5H2,1-3H3,(H,19,20,21). The second-order valence-corrected chi connectivity index (χ2v) is 8.81. The van der Waals surface area contributed by atoms with Gasteiger partial charge in [-0.3, -0.25) is 4.79 Å². The third-order valence-electron chi connectivity index (χ3n) is 3.34. The number of aryl methyl sites for hydroxylation is 1. The van der Waals surface area contributed by atoms with E-state index in [9.17, 15) is 4.79 Å². The Hall–Kier alpha value is -1.51. The first-order valence-corrected chi connectivity index (χ1v) is 10.3. The predicted octanol–water partition coefficient (Wildman–Crippen LogP) is 4.70. The van der Waals surface area contributed by atoms with Crippen molar-refractivity contribution in [2.24, 2.45) is 0 Å². The molecule has 3 heterocycles. The number of fused-ring (bicyclic) bond motifs is 1. The molecular formula is C16H18N4OS3. The maximum absolute atomic E-state index is 12.1. The third kappa shape index (κ3) is 4.12. The zero-order valence-electron chi connectivity index (χ0n) is 13.7. The van der Waals surface area contributed by atoms with E-state index in [4.69, 9.17) is 0 Å². The molecule has 5 nitrogen and oxygen atoms in total. The quantitative estimate of drug-likeness (QED) is 0.497. The summed E-state index contributed by atoms with van der Waals surface area (Å²) in [5, 5.41) is 7.55. The summed E-state index contributed by atoms with van der Waals surface area (Å²) in [6, 6.07) is 2.10. The zero-order chi connectivity index (χ0) is 17.1. The molecule has 1 N–H and O–H groups in total. The van der Waals surface area contributed by atoms with Gasteiger partial charge in [-0.15, -0.1) is 34.4 Å². The monoisotopic (exact) mass is 378 g/mol. The molecule has 0 saturated carbocycles. The maximum atomic E-state index is 12.1. The number of carbonyl (C=O) groups is 1. The van der Waals surface area contributed by atoms with Gasteiger partial charge in [0.05, 0.1) is 5.69 Å².